The van der Waals surface area contributed by atoms with E-state index in [2.05, 4.69) is 12.2 Å². The van der Waals surface area contributed by atoms with Crippen LogP contribution in [0.3, 0.4) is 0 Å². The fourth-order valence-electron chi connectivity index (χ4n) is 3.43. The number of benzene rings is 1. The van der Waals surface area contributed by atoms with Crippen molar-refractivity contribution in [3.05, 3.63) is 35.4 Å². The van der Waals surface area contributed by atoms with Gasteiger partial charge in [0.1, 0.15) is 11.6 Å². The largest absolute Gasteiger partial charge is 0.316 e. The van der Waals surface area contributed by atoms with Gasteiger partial charge in [0, 0.05) is 12.1 Å². The van der Waals surface area contributed by atoms with Crippen LogP contribution in [0, 0.1) is 23.5 Å². The highest BCUT2D eigenvalue weighted by molar-refractivity contribution is 5.19. The molecule has 3 heteroatoms. The van der Waals surface area contributed by atoms with E-state index in [9.17, 15) is 8.78 Å². The third-order valence-electron chi connectivity index (χ3n) is 4.86. The predicted octanol–water partition coefficient (Wildman–Crippen LogP) is 4.31. The summed E-state index contributed by atoms with van der Waals surface area (Å²) in [7, 11) is 1.94. The van der Waals surface area contributed by atoms with E-state index in [0.717, 1.165) is 12.0 Å². The van der Waals surface area contributed by atoms with Gasteiger partial charge in [-0.05, 0) is 49.8 Å². The SMILES string of the molecule is CCC1CCC(C(Cc2ccc(F)cc2F)NC)CC1. The lowest BCUT2D eigenvalue weighted by Gasteiger charge is -2.33. The van der Waals surface area contributed by atoms with Crippen molar-refractivity contribution < 1.29 is 8.78 Å². The third kappa shape index (κ3) is 3.78. The molecule has 1 fully saturated rings. The smallest absolute Gasteiger partial charge is 0.129 e. The van der Waals surface area contributed by atoms with Crippen LogP contribution in [0.5, 0.6) is 0 Å². The van der Waals surface area contributed by atoms with Crippen LogP contribution in [-0.4, -0.2) is 13.1 Å². The van der Waals surface area contributed by atoms with E-state index in [1.807, 2.05) is 7.05 Å². The summed E-state index contributed by atoms with van der Waals surface area (Å²) in [6.45, 7) is 2.26. The van der Waals surface area contributed by atoms with Crippen LogP contribution in [-0.2, 0) is 6.42 Å². The van der Waals surface area contributed by atoms with Gasteiger partial charge in [0.25, 0.3) is 0 Å². The van der Waals surface area contributed by atoms with Gasteiger partial charge in [-0.2, -0.15) is 0 Å². The molecule has 1 aliphatic carbocycles. The predicted molar refractivity (Wildman–Crippen MR) is 78.6 cm³/mol. The van der Waals surface area contributed by atoms with Gasteiger partial charge in [0.15, 0.2) is 0 Å². The summed E-state index contributed by atoms with van der Waals surface area (Å²) in [5.74, 6) is 0.543. The molecule has 1 atom stereocenters. The van der Waals surface area contributed by atoms with E-state index in [-0.39, 0.29) is 6.04 Å². The molecule has 0 bridgehead atoms. The highest BCUT2D eigenvalue weighted by Gasteiger charge is 2.26. The van der Waals surface area contributed by atoms with Crippen molar-refractivity contribution in [1.29, 1.82) is 0 Å². The molecule has 1 aliphatic rings. The Kier molecular flexibility index (Phi) is 5.53. The molecule has 1 aromatic rings. The van der Waals surface area contributed by atoms with Gasteiger partial charge in [-0.25, -0.2) is 8.78 Å². The Bertz CT molecular complexity index is 425. The Labute approximate surface area is 120 Å². The zero-order chi connectivity index (χ0) is 14.5. The maximum atomic E-state index is 13.8. The first-order chi connectivity index (χ1) is 9.63. The van der Waals surface area contributed by atoms with Crippen LogP contribution < -0.4 is 5.32 Å². The summed E-state index contributed by atoms with van der Waals surface area (Å²) < 4.78 is 26.7. The summed E-state index contributed by atoms with van der Waals surface area (Å²) in [4.78, 5) is 0. The van der Waals surface area contributed by atoms with Gasteiger partial charge in [-0.15, -0.1) is 0 Å². The Morgan fingerprint density at radius 2 is 1.90 bits per heavy atom. The molecule has 1 saturated carbocycles. The molecule has 1 aromatic carbocycles. The normalized spacial score (nSPS) is 24.6. The van der Waals surface area contributed by atoms with E-state index in [1.165, 1.54) is 38.2 Å². The first-order valence-electron chi connectivity index (χ1n) is 7.75. The Balaban J connectivity index is 1.98. The van der Waals surface area contributed by atoms with Crippen LogP contribution in [0.1, 0.15) is 44.6 Å². The van der Waals surface area contributed by atoms with Crippen molar-refractivity contribution in [2.24, 2.45) is 11.8 Å². The number of hydrogen-bond donors (Lipinski definition) is 1. The van der Waals surface area contributed by atoms with Crippen molar-refractivity contribution >= 4 is 0 Å². The standard InChI is InChI=1S/C17H25F2N/c1-3-12-4-6-13(7-5-12)17(20-2)10-14-8-9-15(18)11-16(14)19/h8-9,11-13,17,20H,3-7,10H2,1-2H3. The van der Waals surface area contributed by atoms with Gasteiger partial charge in [-0.1, -0.05) is 32.3 Å². The van der Waals surface area contributed by atoms with Crippen LogP contribution in [0.4, 0.5) is 8.78 Å². The highest BCUT2D eigenvalue weighted by Crippen LogP contribution is 2.33. The lowest BCUT2D eigenvalue weighted by molar-refractivity contribution is 0.221. The molecule has 0 heterocycles. The van der Waals surface area contributed by atoms with Crippen LogP contribution in [0.25, 0.3) is 0 Å². The minimum Gasteiger partial charge on any atom is -0.316 e. The molecule has 0 aliphatic heterocycles. The topological polar surface area (TPSA) is 12.0 Å². The van der Waals surface area contributed by atoms with Crippen LogP contribution >= 0.6 is 0 Å². The van der Waals surface area contributed by atoms with Crippen molar-refractivity contribution in [1.82, 2.24) is 5.32 Å². The lowest BCUT2D eigenvalue weighted by Crippen LogP contribution is -2.37. The van der Waals surface area contributed by atoms with Gasteiger partial charge in [0.05, 0.1) is 0 Å². The van der Waals surface area contributed by atoms with Crippen LogP contribution in [0.15, 0.2) is 18.2 Å². The third-order valence-corrected chi connectivity index (χ3v) is 4.86. The van der Waals surface area contributed by atoms with Crippen LogP contribution in [0.2, 0.25) is 0 Å². The summed E-state index contributed by atoms with van der Waals surface area (Å²) in [6, 6.07) is 4.19. The molecular weight excluding hydrogens is 256 g/mol. The first-order valence-corrected chi connectivity index (χ1v) is 7.75. The molecular formula is C17H25F2N. The first kappa shape index (κ1) is 15.4. The average molecular weight is 281 g/mol. The van der Waals surface area contributed by atoms with E-state index in [0.29, 0.717) is 17.9 Å². The van der Waals surface area contributed by atoms with E-state index >= 15 is 0 Å². The summed E-state index contributed by atoms with van der Waals surface area (Å²) in [5, 5.41) is 3.33. The Morgan fingerprint density at radius 3 is 2.45 bits per heavy atom. The molecule has 0 radical (unpaired) electrons. The number of rotatable bonds is 5. The molecule has 0 amide bonds. The molecule has 0 spiro atoms. The Morgan fingerprint density at radius 1 is 1.20 bits per heavy atom. The number of nitrogens with one attached hydrogen (secondary N) is 1. The van der Waals surface area contributed by atoms with E-state index in [4.69, 9.17) is 0 Å². The number of hydrogen-bond acceptors (Lipinski definition) is 1. The molecule has 20 heavy (non-hydrogen) atoms. The van der Waals surface area contributed by atoms with Crippen molar-refractivity contribution in [3.63, 3.8) is 0 Å². The van der Waals surface area contributed by atoms with E-state index in [1.54, 1.807) is 6.07 Å². The van der Waals surface area contributed by atoms with Crippen molar-refractivity contribution in [3.8, 4) is 0 Å². The van der Waals surface area contributed by atoms with Gasteiger partial charge in [0.2, 0.25) is 0 Å². The molecule has 0 saturated heterocycles. The molecule has 1 unspecified atom stereocenters. The van der Waals surface area contributed by atoms with Crippen molar-refractivity contribution in [2.45, 2.75) is 51.5 Å². The Hall–Kier alpha value is -0.960. The second-order valence-electron chi connectivity index (χ2n) is 6.02. The van der Waals surface area contributed by atoms with Crippen molar-refractivity contribution in [2.75, 3.05) is 7.05 Å². The molecule has 2 rings (SSSR count). The number of halogens is 2. The van der Waals surface area contributed by atoms with Gasteiger partial charge in [-0.3, -0.25) is 0 Å². The fourth-order valence-corrected chi connectivity index (χ4v) is 3.43. The van der Waals surface area contributed by atoms with E-state index < -0.39 is 11.6 Å². The summed E-state index contributed by atoms with van der Waals surface area (Å²) >= 11 is 0. The minimum atomic E-state index is -0.504. The fraction of sp³-hybridized carbons (Fsp3) is 0.647. The van der Waals surface area contributed by atoms with Gasteiger partial charge >= 0.3 is 0 Å². The summed E-state index contributed by atoms with van der Waals surface area (Å²) in [6.07, 6.45) is 6.91. The second-order valence-corrected chi connectivity index (χ2v) is 6.02. The quantitative estimate of drug-likeness (QED) is 0.848. The molecule has 1 N–H and O–H groups in total. The minimum absolute atomic E-state index is 0.285. The zero-order valence-corrected chi connectivity index (χ0v) is 12.5. The average Bonchev–Trinajstić information content (AvgIpc) is 2.47. The molecule has 112 valence electrons. The monoisotopic (exact) mass is 281 g/mol. The zero-order valence-electron chi connectivity index (χ0n) is 12.5. The highest BCUT2D eigenvalue weighted by atomic mass is 19.1. The second kappa shape index (κ2) is 7.16. The number of likely N-dealkylation sites (N-methyl/N-ethyl adjacent to an activating group) is 1. The summed E-state index contributed by atoms with van der Waals surface area (Å²) in [5.41, 5.74) is 0.614. The maximum Gasteiger partial charge on any atom is 0.129 e. The molecule has 1 nitrogen and oxygen atoms in total. The lowest BCUT2D eigenvalue weighted by atomic mass is 9.76. The molecule has 0 aromatic heterocycles. The van der Waals surface area contributed by atoms with Gasteiger partial charge < -0.3 is 5.32 Å². The maximum absolute atomic E-state index is 13.8.